The van der Waals surface area contributed by atoms with Crippen molar-refractivity contribution in [1.29, 1.82) is 0 Å². The van der Waals surface area contributed by atoms with Gasteiger partial charge >= 0.3 is 0 Å². The average Bonchev–Trinajstić information content (AvgIpc) is 3.18. The van der Waals surface area contributed by atoms with Gasteiger partial charge in [-0.2, -0.15) is 0 Å². The van der Waals surface area contributed by atoms with E-state index in [9.17, 15) is 0 Å². The first-order valence-electron chi connectivity index (χ1n) is 9.68. The Balaban J connectivity index is 1.49. The van der Waals surface area contributed by atoms with Crippen LogP contribution in [0.4, 0.5) is 5.82 Å². The Morgan fingerprint density at radius 1 is 0.893 bits per heavy atom. The van der Waals surface area contributed by atoms with E-state index in [-0.39, 0.29) is 0 Å². The van der Waals surface area contributed by atoms with Gasteiger partial charge in [0.1, 0.15) is 12.1 Å². The van der Waals surface area contributed by atoms with Gasteiger partial charge in [0.2, 0.25) is 0 Å². The second-order valence-corrected chi connectivity index (χ2v) is 7.26. The number of aryl methyl sites for hydroxylation is 1. The van der Waals surface area contributed by atoms with Crippen molar-refractivity contribution in [3.63, 3.8) is 0 Å². The highest BCUT2D eigenvalue weighted by molar-refractivity contribution is 6.14. The van der Waals surface area contributed by atoms with Crippen molar-refractivity contribution in [2.45, 2.75) is 13.5 Å². The van der Waals surface area contributed by atoms with E-state index < -0.39 is 0 Å². The van der Waals surface area contributed by atoms with E-state index in [4.69, 9.17) is 9.73 Å². The summed E-state index contributed by atoms with van der Waals surface area (Å²) in [5.41, 5.74) is 7.95. The summed E-state index contributed by atoms with van der Waals surface area (Å²) in [7, 11) is 0. The third kappa shape index (κ3) is 3.18. The first-order valence-corrected chi connectivity index (χ1v) is 9.68. The molecule has 0 atom stereocenters. The number of aromatic nitrogens is 2. The van der Waals surface area contributed by atoms with Gasteiger partial charge in [-0.3, -0.25) is 4.99 Å². The summed E-state index contributed by atoms with van der Waals surface area (Å²) in [5.74, 6) is 0.944. The zero-order chi connectivity index (χ0) is 18.9. The van der Waals surface area contributed by atoms with E-state index in [0.29, 0.717) is 6.54 Å². The molecule has 0 bridgehead atoms. The average molecular weight is 370 g/mol. The SMILES string of the molecule is Cc1ccc(-c2ccc3c(c2)C(c2cc(N4CCOCC4)ncn2)=NC3)cc1. The maximum Gasteiger partial charge on any atom is 0.132 e. The molecule has 5 heteroatoms. The predicted molar refractivity (Wildman–Crippen MR) is 111 cm³/mol. The molecule has 0 aliphatic carbocycles. The first-order chi connectivity index (χ1) is 13.8. The fraction of sp³-hybridized carbons (Fsp3) is 0.261. The van der Waals surface area contributed by atoms with E-state index in [1.807, 2.05) is 0 Å². The Morgan fingerprint density at radius 2 is 1.68 bits per heavy atom. The summed E-state index contributed by atoms with van der Waals surface area (Å²) >= 11 is 0. The number of hydrogen-bond acceptors (Lipinski definition) is 5. The minimum Gasteiger partial charge on any atom is -0.378 e. The molecular weight excluding hydrogens is 348 g/mol. The summed E-state index contributed by atoms with van der Waals surface area (Å²) in [4.78, 5) is 16.0. The summed E-state index contributed by atoms with van der Waals surface area (Å²) in [6.45, 7) is 6.01. The predicted octanol–water partition coefficient (Wildman–Crippen LogP) is 3.64. The number of ether oxygens (including phenoxy) is 1. The van der Waals surface area contributed by atoms with Crippen LogP contribution in [0.2, 0.25) is 0 Å². The molecule has 0 radical (unpaired) electrons. The quantitative estimate of drug-likeness (QED) is 0.706. The van der Waals surface area contributed by atoms with Crippen LogP contribution < -0.4 is 4.90 Å². The molecule has 5 nitrogen and oxygen atoms in total. The third-order valence-corrected chi connectivity index (χ3v) is 5.39. The number of hydrogen-bond donors (Lipinski definition) is 0. The Bertz CT molecular complexity index is 1040. The molecule has 0 unspecified atom stereocenters. The lowest BCUT2D eigenvalue weighted by atomic mass is 9.96. The minimum atomic E-state index is 0.704. The molecule has 1 fully saturated rings. The summed E-state index contributed by atoms with van der Waals surface area (Å²) in [6.07, 6.45) is 1.64. The maximum absolute atomic E-state index is 5.45. The van der Waals surface area contributed by atoms with Gasteiger partial charge in [0.25, 0.3) is 0 Å². The molecule has 0 amide bonds. The highest BCUT2D eigenvalue weighted by Crippen LogP contribution is 2.29. The molecule has 3 aromatic rings. The van der Waals surface area contributed by atoms with E-state index >= 15 is 0 Å². The van der Waals surface area contributed by atoms with Crippen molar-refractivity contribution < 1.29 is 4.74 Å². The van der Waals surface area contributed by atoms with Crippen LogP contribution in [0.15, 0.2) is 59.9 Å². The lowest BCUT2D eigenvalue weighted by Gasteiger charge is -2.27. The topological polar surface area (TPSA) is 50.6 Å². The van der Waals surface area contributed by atoms with E-state index in [1.165, 1.54) is 27.8 Å². The molecule has 0 spiro atoms. The Morgan fingerprint density at radius 3 is 2.50 bits per heavy atom. The van der Waals surface area contributed by atoms with Gasteiger partial charge in [-0.15, -0.1) is 0 Å². The smallest absolute Gasteiger partial charge is 0.132 e. The Kier molecular flexibility index (Phi) is 4.37. The van der Waals surface area contributed by atoms with Crippen LogP contribution in [-0.2, 0) is 11.3 Å². The zero-order valence-electron chi connectivity index (χ0n) is 15.9. The normalized spacial score (nSPS) is 16.0. The minimum absolute atomic E-state index is 0.704. The molecule has 0 N–H and O–H groups in total. The molecule has 1 aromatic heterocycles. The number of fused-ring (bicyclic) bond motifs is 1. The monoisotopic (exact) mass is 370 g/mol. The third-order valence-electron chi connectivity index (χ3n) is 5.39. The molecule has 2 aliphatic rings. The first kappa shape index (κ1) is 17.1. The van der Waals surface area contributed by atoms with Crippen LogP contribution in [0.1, 0.15) is 22.4 Å². The van der Waals surface area contributed by atoms with Crippen LogP contribution >= 0.6 is 0 Å². The van der Waals surface area contributed by atoms with Crippen molar-refractivity contribution in [1.82, 2.24) is 9.97 Å². The molecular formula is C23H22N4O. The van der Waals surface area contributed by atoms with E-state index in [1.54, 1.807) is 6.33 Å². The van der Waals surface area contributed by atoms with Crippen LogP contribution in [0.25, 0.3) is 11.1 Å². The van der Waals surface area contributed by atoms with Gasteiger partial charge in [-0.05, 0) is 29.7 Å². The van der Waals surface area contributed by atoms with Gasteiger partial charge in [0.05, 0.1) is 31.2 Å². The molecule has 140 valence electrons. The van der Waals surface area contributed by atoms with Crippen LogP contribution in [0.3, 0.4) is 0 Å². The van der Waals surface area contributed by atoms with Crippen molar-refractivity contribution in [3.8, 4) is 11.1 Å². The second kappa shape index (κ2) is 7.17. The van der Waals surface area contributed by atoms with Crippen molar-refractivity contribution >= 4 is 11.5 Å². The zero-order valence-corrected chi connectivity index (χ0v) is 15.9. The molecule has 0 saturated carbocycles. The van der Waals surface area contributed by atoms with E-state index in [0.717, 1.165) is 43.5 Å². The van der Waals surface area contributed by atoms with Gasteiger partial charge in [0.15, 0.2) is 0 Å². The molecule has 1 saturated heterocycles. The number of morpholine rings is 1. The number of anilines is 1. The highest BCUT2D eigenvalue weighted by atomic mass is 16.5. The van der Waals surface area contributed by atoms with Gasteiger partial charge < -0.3 is 9.64 Å². The molecule has 3 heterocycles. The maximum atomic E-state index is 5.45. The lowest BCUT2D eigenvalue weighted by molar-refractivity contribution is 0.122. The fourth-order valence-electron chi connectivity index (χ4n) is 3.77. The molecule has 28 heavy (non-hydrogen) atoms. The number of rotatable bonds is 3. The second-order valence-electron chi connectivity index (χ2n) is 7.26. The summed E-state index contributed by atoms with van der Waals surface area (Å²) in [5, 5.41) is 0. The fourth-order valence-corrected chi connectivity index (χ4v) is 3.77. The highest BCUT2D eigenvalue weighted by Gasteiger charge is 2.21. The Labute approximate surface area is 164 Å². The molecule has 5 rings (SSSR count). The largest absolute Gasteiger partial charge is 0.378 e. The molecule has 2 aliphatic heterocycles. The lowest BCUT2D eigenvalue weighted by Crippen LogP contribution is -2.36. The van der Waals surface area contributed by atoms with Crippen molar-refractivity contribution in [2.75, 3.05) is 31.2 Å². The van der Waals surface area contributed by atoms with Crippen molar-refractivity contribution in [3.05, 3.63) is 77.2 Å². The summed E-state index contributed by atoms with van der Waals surface area (Å²) in [6, 6.07) is 17.3. The van der Waals surface area contributed by atoms with Crippen LogP contribution in [0.5, 0.6) is 0 Å². The Hall–Kier alpha value is -3.05. The van der Waals surface area contributed by atoms with Crippen molar-refractivity contribution in [2.24, 2.45) is 4.99 Å². The van der Waals surface area contributed by atoms with Gasteiger partial charge in [-0.1, -0.05) is 42.0 Å². The van der Waals surface area contributed by atoms with Crippen LogP contribution in [0, 0.1) is 6.92 Å². The van der Waals surface area contributed by atoms with Gasteiger partial charge in [0, 0.05) is 24.7 Å². The van der Waals surface area contributed by atoms with Gasteiger partial charge in [-0.25, -0.2) is 9.97 Å². The summed E-state index contributed by atoms with van der Waals surface area (Å²) < 4.78 is 5.45. The number of nitrogens with zero attached hydrogens (tertiary/aromatic N) is 4. The van der Waals surface area contributed by atoms with E-state index in [2.05, 4.69) is 70.3 Å². The standard InChI is InChI=1S/C23H22N4O/c1-16-2-4-17(5-3-16)18-6-7-19-14-24-23(20(19)12-18)21-13-22(26-15-25-21)27-8-10-28-11-9-27/h2-7,12-13,15H,8-11,14H2,1H3. The number of aliphatic imine (C=N–C) groups is 1. The number of benzene rings is 2. The van der Waals surface area contributed by atoms with Crippen LogP contribution in [-0.4, -0.2) is 42.0 Å². The molecule has 2 aromatic carbocycles.